The van der Waals surface area contributed by atoms with Crippen molar-refractivity contribution in [1.29, 1.82) is 0 Å². The Labute approximate surface area is 119 Å². The van der Waals surface area contributed by atoms with E-state index in [1.54, 1.807) is 18.5 Å². The molecule has 0 amide bonds. The summed E-state index contributed by atoms with van der Waals surface area (Å²) in [4.78, 5) is 4.02. The van der Waals surface area contributed by atoms with Crippen LogP contribution in [0.5, 0.6) is 0 Å². The van der Waals surface area contributed by atoms with Gasteiger partial charge >= 0.3 is 0 Å². The molecule has 0 saturated carbocycles. The second-order valence-corrected chi connectivity index (χ2v) is 6.27. The summed E-state index contributed by atoms with van der Waals surface area (Å²) < 4.78 is 25.2. The van der Waals surface area contributed by atoms with Crippen LogP contribution < -0.4 is 5.14 Å². The summed E-state index contributed by atoms with van der Waals surface area (Å²) in [6.45, 7) is 2.39. The lowest BCUT2D eigenvalue weighted by Crippen LogP contribution is -2.19. The SMILES string of the molecule is CCCn1c(-c2cncc(Br)c2)nnc1S(N)(=O)=O. The Hall–Kier alpha value is -1.32. The summed E-state index contributed by atoms with van der Waals surface area (Å²) in [5.74, 6) is 0.430. The van der Waals surface area contributed by atoms with Crippen molar-refractivity contribution >= 4 is 26.0 Å². The Morgan fingerprint density at radius 3 is 2.68 bits per heavy atom. The van der Waals surface area contributed by atoms with Gasteiger partial charge in [-0.1, -0.05) is 6.92 Å². The number of pyridine rings is 1. The molecule has 102 valence electrons. The molecule has 0 aliphatic heterocycles. The maximum absolute atomic E-state index is 11.5. The number of hydrogen-bond acceptors (Lipinski definition) is 5. The number of sulfonamides is 1. The van der Waals surface area contributed by atoms with E-state index in [1.807, 2.05) is 6.92 Å². The van der Waals surface area contributed by atoms with Crippen LogP contribution in [0.4, 0.5) is 0 Å². The van der Waals surface area contributed by atoms with Crippen LogP contribution in [-0.4, -0.2) is 28.2 Å². The predicted octanol–water partition coefficient (Wildman–Crippen LogP) is 1.16. The number of nitrogens with zero attached hydrogens (tertiary/aromatic N) is 4. The van der Waals surface area contributed by atoms with Crippen LogP contribution in [0.1, 0.15) is 13.3 Å². The van der Waals surface area contributed by atoms with E-state index in [-0.39, 0.29) is 5.16 Å². The van der Waals surface area contributed by atoms with Crippen molar-refractivity contribution in [3.63, 3.8) is 0 Å². The second kappa shape index (κ2) is 5.35. The predicted molar refractivity (Wildman–Crippen MR) is 72.6 cm³/mol. The first-order valence-corrected chi connectivity index (χ1v) is 7.84. The number of aromatic nitrogens is 4. The molecule has 0 fully saturated rings. The summed E-state index contributed by atoms with van der Waals surface area (Å²) in [6, 6.07) is 1.79. The zero-order valence-electron chi connectivity index (χ0n) is 10.1. The summed E-state index contributed by atoms with van der Waals surface area (Å²) in [5, 5.41) is 12.5. The van der Waals surface area contributed by atoms with E-state index in [9.17, 15) is 8.42 Å². The quantitative estimate of drug-likeness (QED) is 0.895. The Kier molecular flexibility index (Phi) is 3.97. The van der Waals surface area contributed by atoms with Crippen LogP contribution in [0, 0.1) is 0 Å². The molecule has 2 N–H and O–H groups in total. The van der Waals surface area contributed by atoms with Gasteiger partial charge < -0.3 is 0 Å². The van der Waals surface area contributed by atoms with Gasteiger partial charge in [-0.25, -0.2) is 13.6 Å². The highest BCUT2D eigenvalue weighted by Gasteiger charge is 2.21. The van der Waals surface area contributed by atoms with Crippen molar-refractivity contribution in [2.75, 3.05) is 0 Å². The zero-order valence-corrected chi connectivity index (χ0v) is 12.5. The van der Waals surface area contributed by atoms with Crippen LogP contribution in [0.15, 0.2) is 28.1 Å². The summed E-state index contributed by atoms with van der Waals surface area (Å²) in [5.41, 5.74) is 0.672. The lowest BCUT2D eigenvalue weighted by Gasteiger charge is -2.07. The number of primary sulfonamides is 1. The third-order valence-corrected chi connectivity index (χ3v) is 3.63. The lowest BCUT2D eigenvalue weighted by molar-refractivity contribution is 0.559. The van der Waals surface area contributed by atoms with Gasteiger partial charge in [-0.15, -0.1) is 10.2 Å². The van der Waals surface area contributed by atoms with Crippen molar-refractivity contribution in [1.82, 2.24) is 19.7 Å². The molecule has 0 atom stereocenters. The molecule has 19 heavy (non-hydrogen) atoms. The zero-order chi connectivity index (χ0) is 14.0. The molecule has 0 unspecified atom stereocenters. The van der Waals surface area contributed by atoms with Crippen LogP contribution in [0.25, 0.3) is 11.4 Å². The van der Waals surface area contributed by atoms with E-state index in [1.165, 1.54) is 4.57 Å². The number of hydrogen-bond donors (Lipinski definition) is 1. The Morgan fingerprint density at radius 1 is 1.37 bits per heavy atom. The standard InChI is InChI=1S/C10H12BrN5O2S/c1-2-3-16-9(7-4-8(11)6-13-5-7)14-15-10(16)19(12,17)18/h4-6H,2-3H2,1H3,(H2,12,17,18). The largest absolute Gasteiger partial charge is 0.297 e. The van der Waals surface area contributed by atoms with Crippen molar-refractivity contribution in [3.05, 3.63) is 22.9 Å². The van der Waals surface area contributed by atoms with E-state index in [2.05, 4.69) is 31.1 Å². The first-order valence-electron chi connectivity index (χ1n) is 5.50. The van der Waals surface area contributed by atoms with Gasteiger partial charge in [0.1, 0.15) is 0 Å². The van der Waals surface area contributed by atoms with Crippen molar-refractivity contribution < 1.29 is 8.42 Å². The Bertz CT molecular complexity index is 698. The van der Waals surface area contributed by atoms with Crippen LogP contribution in [0.2, 0.25) is 0 Å². The highest BCUT2D eigenvalue weighted by molar-refractivity contribution is 9.10. The third kappa shape index (κ3) is 2.99. The minimum atomic E-state index is -3.90. The minimum Gasteiger partial charge on any atom is -0.297 e. The average Bonchev–Trinajstić information content (AvgIpc) is 2.73. The second-order valence-electron chi connectivity index (χ2n) is 3.89. The number of halogens is 1. The van der Waals surface area contributed by atoms with Crippen LogP contribution in [-0.2, 0) is 16.6 Å². The molecule has 0 saturated heterocycles. The molecule has 9 heteroatoms. The van der Waals surface area contributed by atoms with Gasteiger partial charge in [0.25, 0.3) is 15.2 Å². The fourth-order valence-corrected chi connectivity index (χ4v) is 2.68. The summed E-state index contributed by atoms with van der Waals surface area (Å²) >= 11 is 3.31. The highest BCUT2D eigenvalue weighted by atomic mass is 79.9. The minimum absolute atomic E-state index is 0.232. The molecule has 0 radical (unpaired) electrons. The van der Waals surface area contributed by atoms with Crippen LogP contribution >= 0.6 is 15.9 Å². The van der Waals surface area contributed by atoms with Gasteiger partial charge in [-0.2, -0.15) is 0 Å². The third-order valence-electron chi connectivity index (χ3n) is 2.38. The van der Waals surface area contributed by atoms with Gasteiger partial charge in [-0.3, -0.25) is 9.55 Å². The molecule has 2 aromatic heterocycles. The number of rotatable bonds is 4. The fourth-order valence-electron chi connectivity index (χ4n) is 1.67. The van der Waals surface area contributed by atoms with Gasteiger partial charge in [0.05, 0.1) is 0 Å². The van der Waals surface area contributed by atoms with Gasteiger partial charge in [0.15, 0.2) is 5.82 Å². The van der Waals surface area contributed by atoms with E-state index in [0.29, 0.717) is 17.9 Å². The maximum Gasteiger partial charge on any atom is 0.273 e. The molecule has 0 aliphatic rings. The monoisotopic (exact) mass is 345 g/mol. The molecule has 2 heterocycles. The molecule has 0 bridgehead atoms. The van der Waals surface area contributed by atoms with Crippen molar-refractivity contribution in [2.45, 2.75) is 25.0 Å². The van der Waals surface area contributed by atoms with E-state index in [0.717, 1.165) is 10.9 Å². The average molecular weight is 346 g/mol. The molecule has 2 rings (SSSR count). The first-order chi connectivity index (χ1) is 8.93. The molecule has 0 spiro atoms. The molecule has 0 aromatic carbocycles. The topological polar surface area (TPSA) is 104 Å². The summed E-state index contributed by atoms with van der Waals surface area (Å²) in [7, 11) is -3.90. The molecule has 0 aliphatic carbocycles. The van der Waals surface area contributed by atoms with Gasteiger partial charge in [0, 0.05) is 29.0 Å². The normalized spacial score (nSPS) is 11.7. The molecule has 2 aromatic rings. The smallest absolute Gasteiger partial charge is 0.273 e. The Balaban J connectivity index is 2.62. The Morgan fingerprint density at radius 2 is 2.11 bits per heavy atom. The fraction of sp³-hybridized carbons (Fsp3) is 0.300. The van der Waals surface area contributed by atoms with E-state index in [4.69, 9.17) is 5.14 Å². The van der Waals surface area contributed by atoms with Gasteiger partial charge in [0.2, 0.25) is 0 Å². The van der Waals surface area contributed by atoms with Crippen LogP contribution in [0.3, 0.4) is 0 Å². The molecule has 7 nitrogen and oxygen atoms in total. The maximum atomic E-state index is 11.5. The van der Waals surface area contributed by atoms with Gasteiger partial charge in [-0.05, 0) is 28.4 Å². The van der Waals surface area contributed by atoms with Crippen molar-refractivity contribution in [3.8, 4) is 11.4 Å². The lowest BCUT2D eigenvalue weighted by atomic mass is 10.2. The first kappa shape index (κ1) is 14.1. The highest BCUT2D eigenvalue weighted by Crippen LogP contribution is 2.22. The molecular formula is C10H12BrN5O2S. The van der Waals surface area contributed by atoms with Crippen molar-refractivity contribution in [2.24, 2.45) is 5.14 Å². The molecular weight excluding hydrogens is 334 g/mol. The van der Waals surface area contributed by atoms with E-state index >= 15 is 0 Å². The number of nitrogens with two attached hydrogens (primary N) is 1. The van der Waals surface area contributed by atoms with E-state index < -0.39 is 10.0 Å². The summed E-state index contributed by atoms with van der Waals surface area (Å²) in [6.07, 6.45) is 3.95.